The fourth-order valence-electron chi connectivity index (χ4n) is 2.87. The van der Waals surface area contributed by atoms with E-state index in [1.807, 2.05) is 31.2 Å². The lowest BCUT2D eigenvalue weighted by Crippen LogP contribution is -2.31. The first-order chi connectivity index (χ1) is 12.7. The van der Waals surface area contributed by atoms with Crippen LogP contribution in [0.5, 0.6) is 0 Å². The van der Waals surface area contributed by atoms with Crippen LogP contribution in [0.4, 0.5) is 0 Å². The Labute approximate surface area is 166 Å². The molecule has 0 atom stereocenters. The molecule has 1 amide bonds. The fourth-order valence-corrected chi connectivity index (χ4v) is 4.83. The van der Waals surface area contributed by atoms with Crippen molar-refractivity contribution >= 4 is 27.5 Å². The number of carbonyl (C=O) groups is 1. The zero-order chi connectivity index (χ0) is 20.2. The van der Waals surface area contributed by atoms with E-state index >= 15 is 0 Å². The quantitative estimate of drug-likeness (QED) is 0.696. The van der Waals surface area contributed by atoms with Crippen LogP contribution in [-0.4, -0.2) is 43.7 Å². The first-order valence-electron chi connectivity index (χ1n) is 8.82. The van der Waals surface area contributed by atoms with Gasteiger partial charge in [0.05, 0.1) is 5.02 Å². The summed E-state index contributed by atoms with van der Waals surface area (Å²) in [4.78, 5) is 14.4. The highest BCUT2D eigenvalue weighted by molar-refractivity contribution is 7.89. The van der Waals surface area contributed by atoms with E-state index in [4.69, 9.17) is 11.6 Å². The van der Waals surface area contributed by atoms with Crippen LogP contribution in [0.2, 0.25) is 5.02 Å². The highest BCUT2D eigenvalue weighted by Gasteiger charge is 2.26. The Morgan fingerprint density at radius 2 is 1.70 bits per heavy atom. The van der Waals surface area contributed by atoms with Crippen molar-refractivity contribution < 1.29 is 13.2 Å². The molecule has 27 heavy (non-hydrogen) atoms. The zero-order valence-corrected chi connectivity index (χ0v) is 17.6. The maximum Gasteiger partial charge on any atom is 0.253 e. The molecular weight excluding hydrogens is 384 g/mol. The summed E-state index contributed by atoms with van der Waals surface area (Å²) in [7, 11) is -2.05. The van der Waals surface area contributed by atoms with Crippen LogP contribution in [0.15, 0.2) is 47.4 Å². The SMILES string of the molecule is CCN(CC)S(=O)(=O)c1cc(C(=O)N(C)Cc2ccccc2C)ccc1Cl. The highest BCUT2D eigenvalue weighted by atomic mass is 35.5. The lowest BCUT2D eigenvalue weighted by Gasteiger charge is -2.21. The minimum Gasteiger partial charge on any atom is -0.337 e. The largest absolute Gasteiger partial charge is 0.337 e. The van der Waals surface area contributed by atoms with Crippen molar-refractivity contribution in [2.45, 2.75) is 32.2 Å². The molecule has 0 saturated carbocycles. The fraction of sp³-hybridized carbons (Fsp3) is 0.350. The van der Waals surface area contributed by atoms with Gasteiger partial charge in [0.25, 0.3) is 5.91 Å². The maximum atomic E-state index is 12.8. The molecular formula is C20H25ClN2O3S. The van der Waals surface area contributed by atoms with E-state index in [1.165, 1.54) is 16.4 Å². The molecule has 0 aliphatic heterocycles. The van der Waals surface area contributed by atoms with Gasteiger partial charge >= 0.3 is 0 Å². The number of aryl methyl sites for hydroxylation is 1. The summed E-state index contributed by atoms with van der Waals surface area (Å²) >= 11 is 6.14. The van der Waals surface area contributed by atoms with Crippen LogP contribution in [0, 0.1) is 6.92 Å². The molecule has 0 saturated heterocycles. The van der Waals surface area contributed by atoms with Crippen molar-refractivity contribution in [1.29, 1.82) is 0 Å². The van der Waals surface area contributed by atoms with Gasteiger partial charge in [0.2, 0.25) is 10.0 Å². The maximum absolute atomic E-state index is 12.8. The second-order valence-corrected chi connectivity index (χ2v) is 8.64. The van der Waals surface area contributed by atoms with Gasteiger partial charge < -0.3 is 4.90 Å². The average molecular weight is 409 g/mol. The van der Waals surface area contributed by atoms with Gasteiger partial charge in [0.15, 0.2) is 0 Å². The molecule has 0 radical (unpaired) electrons. The normalized spacial score (nSPS) is 11.6. The van der Waals surface area contributed by atoms with Crippen LogP contribution in [-0.2, 0) is 16.6 Å². The Balaban J connectivity index is 2.34. The summed E-state index contributed by atoms with van der Waals surface area (Å²) in [6.07, 6.45) is 0. The number of halogens is 1. The van der Waals surface area contributed by atoms with Gasteiger partial charge in [-0.3, -0.25) is 4.79 Å². The Morgan fingerprint density at radius 3 is 2.30 bits per heavy atom. The number of nitrogens with zero attached hydrogens (tertiary/aromatic N) is 2. The topological polar surface area (TPSA) is 57.7 Å². The highest BCUT2D eigenvalue weighted by Crippen LogP contribution is 2.26. The van der Waals surface area contributed by atoms with Crippen LogP contribution in [0.3, 0.4) is 0 Å². The number of carbonyl (C=O) groups excluding carboxylic acids is 1. The minimum absolute atomic E-state index is 0.0389. The second kappa shape index (κ2) is 8.87. The third-order valence-electron chi connectivity index (χ3n) is 4.52. The van der Waals surface area contributed by atoms with Crippen molar-refractivity contribution in [3.05, 3.63) is 64.2 Å². The Bertz CT molecular complexity index is 925. The predicted octanol–water partition coefficient (Wildman–Crippen LogP) is 3.95. The average Bonchev–Trinajstić information content (AvgIpc) is 2.64. The summed E-state index contributed by atoms with van der Waals surface area (Å²) in [6.45, 7) is 6.62. The molecule has 0 bridgehead atoms. The summed E-state index contributed by atoms with van der Waals surface area (Å²) < 4.78 is 26.9. The van der Waals surface area contributed by atoms with E-state index in [2.05, 4.69) is 0 Å². The molecule has 0 aliphatic rings. The van der Waals surface area contributed by atoms with Crippen LogP contribution in [0.1, 0.15) is 35.3 Å². The van der Waals surface area contributed by atoms with Gasteiger partial charge in [-0.05, 0) is 36.2 Å². The van der Waals surface area contributed by atoms with Crippen LogP contribution < -0.4 is 0 Å². The molecule has 0 aromatic heterocycles. The van der Waals surface area contributed by atoms with Gasteiger partial charge in [-0.2, -0.15) is 4.31 Å². The van der Waals surface area contributed by atoms with Gasteiger partial charge in [-0.1, -0.05) is 49.7 Å². The zero-order valence-electron chi connectivity index (χ0n) is 16.1. The molecule has 7 heteroatoms. The Hall–Kier alpha value is -1.89. The van der Waals surface area contributed by atoms with Crippen molar-refractivity contribution in [1.82, 2.24) is 9.21 Å². The first kappa shape index (κ1) is 21.4. The number of hydrogen-bond acceptors (Lipinski definition) is 3. The van der Waals surface area contributed by atoms with E-state index in [0.717, 1.165) is 11.1 Å². The van der Waals surface area contributed by atoms with Crippen LogP contribution >= 0.6 is 11.6 Å². The molecule has 146 valence electrons. The summed E-state index contributed by atoms with van der Waals surface area (Å²) in [6, 6.07) is 12.2. The van der Waals surface area contributed by atoms with Gasteiger partial charge in [0, 0.05) is 32.2 Å². The number of hydrogen-bond donors (Lipinski definition) is 0. The van der Waals surface area contributed by atoms with E-state index in [0.29, 0.717) is 25.2 Å². The monoisotopic (exact) mass is 408 g/mol. The molecule has 0 N–H and O–H groups in total. The molecule has 0 spiro atoms. The standard InChI is InChI=1S/C20H25ClN2O3S/c1-5-23(6-2)27(25,26)19-13-16(11-12-18(19)21)20(24)22(4)14-17-10-8-7-9-15(17)3/h7-13H,5-6,14H2,1-4H3. The molecule has 2 aromatic carbocycles. The number of amides is 1. The lowest BCUT2D eigenvalue weighted by atomic mass is 10.1. The third-order valence-corrected chi connectivity index (χ3v) is 7.05. The molecule has 5 nitrogen and oxygen atoms in total. The molecule has 0 unspecified atom stereocenters. The second-order valence-electron chi connectivity index (χ2n) is 6.32. The summed E-state index contributed by atoms with van der Waals surface area (Å²) in [5.74, 6) is -0.258. The third kappa shape index (κ3) is 4.69. The van der Waals surface area contributed by atoms with Crippen molar-refractivity contribution in [3.63, 3.8) is 0 Å². The van der Waals surface area contributed by atoms with Crippen molar-refractivity contribution in [3.8, 4) is 0 Å². The number of sulfonamides is 1. The molecule has 0 aliphatic carbocycles. The smallest absolute Gasteiger partial charge is 0.253 e. The van der Waals surface area contributed by atoms with Gasteiger partial charge in [-0.25, -0.2) is 8.42 Å². The van der Waals surface area contributed by atoms with E-state index in [9.17, 15) is 13.2 Å². The van der Waals surface area contributed by atoms with E-state index in [-0.39, 0.29) is 15.8 Å². The number of rotatable bonds is 7. The minimum atomic E-state index is -3.75. The summed E-state index contributed by atoms with van der Waals surface area (Å²) in [5, 5.41) is 0.111. The van der Waals surface area contributed by atoms with Gasteiger partial charge in [-0.15, -0.1) is 0 Å². The Morgan fingerprint density at radius 1 is 1.07 bits per heavy atom. The van der Waals surface area contributed by atoms with E-state index < -0.39 is 10.0 Å². The predicted molar refractivity (Wildman–Crippen MR) is 109 cm³/mol. The van der Waals surface area contributed by atoms with Gasteiger partial charge in [0.1, 0.15) is 4.90 Å². The lowest BCUT2D eigenvalue weighted by molar-refractivity contribution is 0.0784. The molecule has 2 rings (SSSR count). The first-order valence-corrected chi connectivity index (χ1v) is 10.6. The molecule has 2 aromatic rings. The van der Waals surface area contributed by atoms with Crippen molar-refractivity contribution in [2.24, 2.45) is 0 Å². The van der Waals surface area contributed by atoms with Crippen molar-refractivity contribution in [2.75, 3.05) is 20.1 Å². The molecule has 0 heterocycles. The number of benzene rings is 2. The Kier molecular flexibility index (Phi) is 7.03. The van der Waals surface area contributed by atoms with Crippen LogP contribution in [0.25, 0.3) is 0 Å². The molecule has 0 fully saturated rings. The van der Waals surface area contributed by atoms with E-state index in [1.54, 1.807) is 31.9 Å². The summed E-state index contributed by atoms with van der Waals surface area (Å²) in [5.41, 5.74) is 2.43.